The highest BCUT2D eigenvalue weighted by Crippen LogP contribution is 2.38. The second kappa shape index (κ2) is 4.08. The van der Waals surface area contributed by atoms with Gasteiger partial charge in [-0.2, -0.15) is 0 Å². The van der Waals surface area contributed by atoms with Gasteiger partial charge in [0.05, 0.1) is 5.60 Å². The molecule has 1 heteroatoms. The van der Waals surface area contributed by atoms with Crippen LogP contribution in [-0.4, -0.2) is 10.7 Å². The van der Waals surface area contributed by atoms with Crippen LogP contribution in [0.2, 0.25) is 0 Å². The minimum atomic E-state index is -0.374. The molecule has 0 aromatic carbocycles. The second-order valence-electron chi connectivity index (χ2n) is 4.17. The SMILES string of the molecule is C=CCCC[C@H]1CCCC1(C)O. The minimum Gasteiger partial charge on any atom is -0.390 e. The topological polar surface area (TPSA) is 20.2 Å². The lowest BCUT2D eigenvalue weighted by Crippen LogP contribution is -2.28. The molecule has 1 aliphatic carbocycles. The zero-order valence-electron chi connectivity index (χ0n) is 8.05. The predicted molar refractivity (Wildman–Crippen MR) is 52.0 cm³/mol. The minimum absolute atomic E-state index is 0.374. The molecule has 0 heterocycles. The van der Waals surface area contributed by atoms with Crippen molar-refractivity contribution in [3.8, 4) is 0 Å². The Morgan fingerprint density at radius 3 is 2.92 bits per heavy atom. The average molecular weight is 168 g/mol. The molecule has 1 unspecified atom stereocenters. The quantitative estimate of drug-likeness (QED) is 0.505. The van der Waals surface area contributed by atoms with Crippen LogP contribution in [0.1, 0.15) is 45.4 Å². The molecule has 2 atom stereocenters. The van der Waals surface area contributed by atoms with Gasteiger partial charge in [0.2, 0.25) is 0 Å². The molecule has 1 N–H and O–H groups in total. The Bertz CT molecular complexity index is 149. The first kappa shape index (κ1) is 9.79. The van der Waals surface area contributed by atoms with Gasteiger partial charge in [0.15, 0.2) is 0 Å². The van der Waals surface area contributed by atoms with E-state index in [0.717, 1.165) is 12.8 Å². The fourth-order valence-electron chi connectivity index (χ4n) is 2.19. The van der Waals surface area contributed by atoms with E-state index in [1.165, 1.54) is 25.7 Å². The third kappa shape index (κ3) is 2.34. The van der Waals surface area contributed by atoms with Gasteiger partial charge in [-0.15, -0.1) is 6.58 Å². The molecule has 1 nitrogen and oxygen atoms in total. The number of allylic oxidation sites excluding steroid dienone is 1. The molecule has 0 spiro atoms. The molecule has 0 aliphatic heterocycles. The summed E-state index contributed by atoms with van der Waals surface area (Å²) in [6.07, 6.45) is 8.81. The summed E-state index contributed by atoms with van der Waals surface area (Å²) in [5.41, 5.74) is -0.374. The third-order valence-corrected chi connectivity index (χ3v) is 3.08. The van der Waals surface area contributed by atoms with Crippen molar-refractivity contribution in [3.63, 3.8) is 0 Å². The van der Waals surface area contributed by atoms with E-state index >= 15 is 0 Å². The van der Waals surface area contributed by atoms with Crippen molar-refractivity contribution in [1.29, 1.82) is 0 Å². The summed E-state index contributed by atoms with van der Waals surface area (Å²) in [6.45, 7) is 5.68. The molecule has 0 aromatic rings. The first-order chi connectivity index (χ1) is 5.67. The molecular formula is C11H20O. The lowest BCUT2D eigenvalue weighted by atomic mass is 9.88. The highest BCUT2D eigenvalue weighted by molar-refractivity contribution is 4.88. The van der Waals surface area contributed by atoms with Crippen molar-refractivity contribution in [2.45, 2.75) is 51.0 Å². The first-order valence-corrected chi connectivity index (χ1v) is 5.00. The Morgan fingerprint density at radius 1 is 1.67 bits per heavy atom. The average Bonchev–Trinajstić information content (AvgIpc) is 2.32. The summed E-state index contributed by atoms with van der Waals surface area (Å²) in [4.78, 5) is 0. The molecule has 70 valence electrons. The van der Waals surface area contributed by atoms with Crippen molar-refractivity contribution in [3.05, 3.63) is 12.7 Å². The van der Waals surface area contributed by atoms with Gasteiger partial charge in [-0.05, 0) is 44.9 Å². The summed E-state index contributed by atoms with van der Waals surface area (Å²) in [6, 6.07) is 0. The second-order valence-corrected chi connectivity index (χ2v) is 4.17. The maximum Gasteiger partial charge on any atom is 0.0647 e. The van der Waals surface area contributed by atoms with Crippen LogP contribution in [-0.2, 0) is 0 Å². The molecule has 1 saturated carbocycles. The highest BCUT2D eigenvalue weighted by atomic mass is 16.3. The number of hydrogen-bond acceptors (Lipinski definition) is 1. The van der Waals surface area contributed by atoms with E-state index in [2.05, 4.69) is 6.58 Å². The molecule has 1 fully saturated rings. The van der Waals surface area contributed by atoms with E-state index in [0.29, 0.717) is 5.92 Å². The summed E-state index contributed by atoms with van der Waals surface area (Å²) in [5, 5.41) is 9.93. The van der Waals surface area contributed by atoms with E-state index in [4.69, 9.17) is 0 Å². The maximum absolute atomic E-state index is 9.93. The van der Waals surface area contributed by atoms with E-state index in [1.807, 2.05) is 13.0 Å². The van der Waals surface area contributed by atoms with Crippen LogP contribution >= 0.6 is 0 Å². The molecule has 0 amide bonds. The molecule has 0 aromatic heterocycles. The molecule has 12 heavy (non-hydrogen) atoms. The van der Waals surface area contributed by atoms with Crippen LogP contribution < -0.4 is 0 Å². The van der Waals surface area contributed by atoms with Gasteiger partial charge in [-0.1, -0.05) is 12.5 Å². The Morgan fingerprint density at radius 2 is 2.42 bits per heavy atom. The van der Waals surface area contributed by atoms with Gasteiger partial charge in [0.1, 0.15) is 0 Å². The molecule has 0 saturated heterocycles. The van der Waals surface area contributed by atoms with Gasteiger partial charge in [-0.25, -0.2) is 0 Å². The maximum atomic E-state index is 9.93. The third-order valence-electron chi connectivity index (χ3n) is 3.08. The molecule has 1 aliphatic rings. The Hall–Kier alpha value is -0.300. The van der Waals surface area contributed by atoms with Crippen molar-refractivity contribution < 1.29 is 5.11 Å². The van der Waals surface area contributed by atoms with E-state index in [1.54, 1.807) is 0 Å². The summed E-state index contributed by atoms with van der Waals surface area (Å²) >= 11 is 0. The molecule has 0 radical (unpaired) electrons. The van der Waals surface area contributed by atoms with E-state index < -0.39 is 0 Å². The van der Waals surface area contributed by atoms with Crippen molar-refractivity contribution in [1.82, 2.24) is 0 Å². The van der Waals surface area contributed by atoms with Crippen LogP contribution in [0.5, 0.6) is 0 Å². The monoisotopic (exact) mass is 168 g/mol. The zero-order valence-corrected chi connectivity index (χ0v) is 8.05. The smallest absolute Gasteiger partial charge is 0.0647 e. The standard InChI is InChI=1S/C11H20O/c1-3-4-5-7-10-8-6-9-11(10,2)12/h3,10,12H,1,4-9H2,2H3/t10-,11?/m0/s1. The molecular weight excluding hydrogens is 148 g/mol. The lowest BCUT2D eigenvalue weighted by Gasteiger charge is -2.25. The normalized spacial score (nSPS) is 35.3. The van der Waals surface area contributed by atoms with Gasteiger partial charge >= 0.3 is 0 Å². The fourth-order valence-corrected chi connectivity index (χ4v) is 2.19. The van der Waals surface area contributed by atoms with Crippen LogP contribution in [0.25, 0.3) is 0 Å². The first-order valence-electron chi connectivity index (χ1n) is 5.00. The fraction of sp³-hybridized carbons (Fsp3) is 0.818. The van der Waals surface area contributed by atoms with Crippen molar-refractivity contribution >= 4 is 0 Å². The van der Waals surface area contributed by atoms with Gasteiger partial charge in [0, 0.05) is 0 Å². The van der Waals surface area contributed by atoms with Crippen LogP contribution in [0, 0.1) is 5.92 Å². The van der Waals surface area contributed by atoms with Gasteiger partial charge < -0.3 is 5.11 Å². The van der Waals surface area contributed by atoms with Gasteiger partial charge in [-0.3, -0.25) is 0 Å². The van der Waals surface area contributed by atoms with E-state index in [-0.39, 0.29) is 5.60 Å². The predicted octanol–water partition coefficient (Wildman–Crippen LogP) is 2.89. The van der Waals surface area contributed by atoms with Crippen LogP contribution in [0.15, 0.2) is 12.7 Å². The van der Waals surface area contributed by atoms with Crippen LogP contribution in [0.3, 0.4) is 0 Å². The summed E-state index contributed by atoms with van der Waals surface area (Å²) in [5.74, 6) is 0.539. The van der Waals surface area contributed by atoms with Gasteiger partial charge in [0.25, 0.3) is 0 Å². The Labute approximate surface area is 75.5 Å². The molecule has 0 bridgehead atoms. The summed E-state index contributed by atoms with van der Waals surface area (Å²) < 4.78 is 0. The number of unbranched alkanes of at least 4 members (excludes halogenated alkanes) is 1. The number of hydrogen-bond donors (Lipinski definition) is 1. The lowest BCUT2D eigenvalue weighted by molar-refractivity contribution is 0.0173. The molecule has 1 rings (SSSR count). The summed E-state index contributed by atoms with van der Waals surface area (Å²) in [7, 11) is 0. The van der Waals surface area contributed by atoms with Crippen LogP contribution in [0.4, 0.5) is 0 Å². The Balaban J connectivity index is 2.26. The Kier molecular flexibility index (Phi) is 3.33. The number of rotatable bonds is 4. The largest absolute Gasteiger partial charge is 0.390 e. The van der Waals surface area contributed by atoms with Crippen molar-refractivity contribution in [2.24, 2.45) is 5.92 Å². The number of aliphatic hydroxyl groups is 1. The zero-order chi connectivity index (χ0) is 9.03. The van der Waals surface area contributed by atoms with E-state index in [9.17, 15) is 5.11 Å². The van der Waals surface area contributed by atoms with Crippen molar-refractivity contribution in [2.75, 3.05) is 0 Å². The highest BCUT2D eigenvalue weighted by Gasteiger charge is 2.35.